The van der Waals surface area contributed by atoms with Gasteiger partial charge < -0.3 is 10.0 Å². The van der Waals surface area contributed by atoms with Gasteiger partial charge in [-0.05, 0) is 25.4 Å². The predicted molar refractivity (Wildman–Crippen MR) is 76.2 cm³/mol. The second-order valence-electron chi connectivity index (χ2n) is 4.24. The lowest BCUT2D eigenvalue weighted by atomic mass is 10.3. The Bertz CT molecular complexity index is 315. The zero-order chi connectivity index (χ0) is 13.7. The number of carboxylic acids is 1. The van der Waals surface area contributed by atoms with E-state index in [1.165, 1.54) is 16.7 Å². The van der Waals surface area contributed by atoms with Gasteiger partial charge >= 0.3 is 12.0 Å². The first kappa shape index (κ1) is 15.5. The normalized spacial score (nSPS) is 23.2. The van der Waals surface area contributed by atoms with Gasteiger partial charge in [0.25, 0.3) is 0 Å². The first-order chi connectivity index (χ1) is 8.49. The molecular weight excluding hydrogens is 272 g/mol. The van der Waals surface area contributed by atoms with Crippen LogP contribution in [0.15, 0.2) is 0 Å². The van der Waals surface area contributed by atoms with E-state index in [9.17, 15) is 9.59 Å². The third-order valence-corrected chi connectivity index (χ3v) is 4.81. The van der Waals surface area contributed by atoms with Crippen molar-refractivity contribution in [3.63, 3.8) is 0 Å². The molecule has 2 unspecified atom stereocenters. The smallest absolute Gasteiger partial charge is 0.327 e. The molecule has 0 aliphatic carbocycles. The number of urea groups is 1. The molecule has 0 bridgehead atoms. The topological polar surface area (TPSA) is 60.9 Å². The molecule has 0 aromatic carbocycles. The first-order valence-electron chi connectivity index (χ1n) is 5.85. The Hall–Kier alpha value is -0.560. The summed E-state index contributed by atoms with van der Waals surface area (Å²) in [6.07, 6.45) is 2.96. The summed E-state index contributed by atoms with van der Waals surface area (Å²) < 4.78 is 0. The lowest BCUT2D eigenvalue weighted by Gasteiger charge is -2.30. The van der Waals surface area contributed by atoms with E-state index in [0.29, 0.717) is 12.3 Å². The number of rotatable bonds is 5. The van der Waals surface area contributed by atoms with Gasteiger partial charge in [0.05, 0.1) is 5.37 Å². The highest BCUT2D eigenvalue weighted by Gasteiger charge is 2.40. The highest BCUT2D eigenvalue weighted by molar-refractivity contribution is 8.00. The maximum Gasteiger partial charge on any atom is 0.327 e. The van der Waals surface area contributed by atoms with Gasteiger partial charge in [0.1, 0.15) is 6.04 Å². The fraction of sp³-hybridized carbons (Fsp3) is 0.818. The average Bonchev–Trinajstić information content (AvgIpc) is 2.70. The number of carbonyl (C=O) groups excluding carboxylic acids is 1. The highest BCUT2D eigenvalue weighted by Crippen LogP contribution is 2.29. The fourth-order valence-electron chi connectivity index (χ4n) is 1.86. The van der Waals surface area contributed by atoms with Crippen molar-refractivity contribution in [2.75, 3.05) is 31.4 Å². The number of hydrogen-bond acceptors (Lipinski definition) is 4. The molecule has 0 saturated carbocycles. The molecule has 1 aliphatic rings. The lowest BCUT2D eigenvalue weighted by molar-refractivity contribution is -0.141. The van der Waals surface area contributed by atoms with Gasteiger partial charge in [-0.1, -0.05) is 0 Å². The molecule has 0 aromatic rings. The molecule has 1 saturated heterocycles. The number of carbonyl (C=O) groups is 2. The number of hydrogen-bond donors (Lipinski definition) is 1. The van der Waals surface area contributed by atoms with E-state index in [1.54, 1.807) is 23.7 Å². The second-order valence-corrected chi connectivity index (χ2v) is 6.58. The molecule has 0 spiro atoms. The number of aliphatic carboxylic acids is 1. The van der Waals surface area contributed by atoms with Gasteiger partial charge in [-0.2, -0.15) is 11.8 Å². The first-order valence-corrected chi connectivity index (χ1v) is 8.30. The van der Waals surface area contributed by atoms with E-state index < -0.39 is 12.0 Å². The van der Waals surface area contributed by atoms with Gasteiger partial charge in [-0.25, -0.2) is 9.59 Å². The van der Waals surface area contributed by atoms with Gasteiger partial charge in [0.15, 0.2) is 0 Å². The summed E-state index contributed by atoms with van der Waals surface area (Å²) in [4.78, 5) is 26.4. The van der Waals surface area contributed by atoms with Crippen LogP contribution in [0.5, 0.6) is 0 Å². The molecule has 1 rings (SSSR count). The van der Waals surface area contributed by atoms with Crippen LogP contribution in [0.1, 0.15) is 13.3 Å². The maximum absolute atomic E-state index is 12.2. The molecule has 0 aromatic heterocycles. The third kappa shape index (κ3) is 3.71. The van der Waals surface area contributed by atoms with Gasteiger partial charge in [0, 0.05) is 19.3 Å². The zero-order valence-corrected chi connectivity index (χ0v) is 12.6. The van der Waals surface area contributed by atoms with Crippen LogP contribution in [0.3, 0.4) is 0 Å². The van der Waals surface area contributed by atoms with Crippen molar-refractivity contribution in [2.24, 2.45) is 0 Å². The largest absolute Gasteiger partial charge is 0.480 e. The molecular formula is C11H20N2O3S2. The molecule has 1 aliphatic heterocycles. The number of thioether (sulfide) groups is 2. The summed E-state index contributed by atoms with van der Waals surface area (Å²) in [5, 5.41) is 9.05. The summed E-state index contributed by atoms with van der Waals surface area (Å²) >= 11 is 3.25. The lowest BCUT2D eigenvalue weighted by Crippen LogP contribution is -2.50. The van der Waals surface area contributed by atoms with Crippen molar-refractivity contribution >= 4 is 35.5 Å². The van der Waals surface area contributed by atoms with Crippen molar-refractivity contribution in [3.8, 4) is 0 Å². The van der Waals surface area contributed by atoms with E-state index in [1.807, 2.05) is 13.2 Å². The van der Waals surface area contributed by atoms with Crippen LogP contribution in [-0.4, -0.2) is 69.7 Å². The van der Waals surface area contributed by atoms with Crippen molar-refractivity contribution in [2.45, 2.75) is 24.8 Å². The summed E-state index contributed by atoms with van der Waals surface area (Å²) in [5.41, 5.74) is 0. The summed E-state index contributed by atoms with van der Waals surface area (Å²) in [6, 6.07) is -0.874. The van der Waals surface area contributed by atoms with Crippen molar-refractivity contribution in [1.82, 2.24) is 9.80 Å². The van der Waals surface area contributed by atoms with Crippen LogP contribution >= 0.6 is 23.5 Å². The fourth-order valence-corrected chi connectivity index (χ4v) is 3.44. The maximum atomic E-state index is 12.2. The van der Waals surface area contributed by atoms with Crippen LogP contribution in [0.2, 0.25) is 0 Å². The van der Waals surface area contributed by atoms with E-state index in [2.05, 4.69) is 0 Å². The predicted octanol–water partition coefficient (Wildman–Crippen LogP) is 1.64. The average molecular weight is 292 g/mol. The van der Waals surface area contributed by atoms with Crippen LogP contribution < -0.4 is 0 Å². The molecule has 1 N–H and O–H groups in total. The quantitative estimate of drug-likeness (QED) is 0.781. The highest BCUT2D eigenvalue weighted by atomic mass is 32.2. The molecule has 18 heavy (non-hydrogen) atoms. The Labute approximate surface area is 116 Å². The number of carboxylic acid groups (broad SMARTS) is 1. The SMILES string of the molecule is CSCCCN(C)C(=O)N1C(C)SCC1C(=O)O. The van der Waals surface area contributed by atoms with E-state index >= 15 is 0 Å². The standard InChI is InChI=1S/C11H20N2O3S2/c1-8-13(9(7-18-8)10(14)15)11(16)12(2)5-4-6-17-3/h8-9H,4-7H2,1-3H3,(H,14,15). The van der Waals surface area contributed by atoms with Gasteiger partial charge in [-0.3, -0.25) is 4.90 Å². The van der Waals surface area contributed by atoms with Crippen LogP contribution in [0.4, 0.5) is 4.79 Å². The van der Waals surface area contributed by atoms with Gasteiger partial charge in [-0.15, -0.1) is 11.8 Å². The van der Waals surface area contributed by atoms with Crippen LogP contribution in [-0.2, 0) is 4.79 Å². The molecule has 0 radical (unpaired) electrons. The Morgan fingerprint density at radius 3 is 2.78 bits per heavy atom. The Kier molecular flexibility index (Phi) is 6.14. The van der Waals surface area contributed by atoms with E-state index in [0.717, 1.165) is 12.2 Å². The molecule has 2 atom stereocenters. The summed E-state index contributed by atoms with van der Waals surface area (Å²) in [5.74, 6) is 0.559. The molecule has 1 fully saturated rings. The minimum atomic E-state index is -0.919. The van der Waals surface area contributed by atoms with E-state index in [-0.39, 0.29) is 11.4 Å². The Morgan fingerprint density at radius 2 is 2.22 bits per heavy atom. The van der Waals surface area contributed by atoms with Crippen molar-refractivity contribution in [3.05, 3.63) is 0 Å². The van der Waals surface area contributed by atoms with Crippen LogP contribution in [0.25, 0.3) is 0 Å². The van der Waals surface area contributed by atoms with Crippen LogP contribution in [0, 0.1) is 0 Å². The summed E-state index contributed by atoms with van der Waals surface area (Å²) in [7, 11) is 1.73. The second kappa shape index (κ2) is 7.13. The molecule has 7 heteroatoms. The number of amides is 2. The molecule has 5 nitrogen and oxygen atoms in total. The third-order valence-electron chi connectivity index (χ3n) is 2.90. The molecule has 2 amide bonds. The number of nitrogens with zero attached hydrogens (tertiary/aromatic N) is 2. The van der Waals surface area contributed by atoms with E-state index in [4.69, 9.17) is 5.11 Å². The van der Waals surface area contributed by atoms with Crippen molar-refractivity contribution < 1.29 is 14.7 Å². The Balaban J connectivity index is 2.60. The molecule has 1 heterocycles. The Morgan fingerprint density at radius 1 is 1.56 bits per heavy atom. The zero-order valence-electron chi connectivity index (χ0n) is 11.0. The molecule has 104 valence electrons. The monoisotopic (exact) mass is 292 g/mol. The van der Waals surface area contributed by atoms with Gasteiger partial charge in [0.2, 0.25) is 0 Å². The van der Waals surface area contributed by atoms with Crippen molar-refractivity contribution in [1.29, 1.82) is 0 Å². The minimum absolute atomic E-state index is 0.0680. The summed E-state index contributed by atoms with van der Waals surface area (Å²) in [6.45, 7) is 2.54. The minimum Gasteiger partial charge on any atom is -0.480 e.